The van der Waals surface area contributed by atoms with E-state index >= 15 is 0 Å². The number of methoxy groups -OCH3 is 1. The molecular weight excluding hydrogens is 212 g/mol. The van der Waals surface area contributed by atoms with E-state index in [0.29, 0.717) is 0 Å². The second-order valence-corrected chi connectivity index (χ2v) is 4.23. The van der Waals surface area contributed by atoms with Crippen molar-refractivity contribution in [2.45, 2.75) is 25.8 Å². The van der Waals surface area contributed by atoms with Crippen LogP contribution in [-0.4, -0.2) is 18.1 Å². The highest BCUT2D eigenvalue weighted by Crippen LogP contribution is 2.23. The zero-order chi connectivity index (χ0) is 12.3. The van der Waals surface area contributed by atoms with E-state index in [9.17, 15) is 0 Å². The Kier molecular flexibility index (Phi) is 3.59. The molecule has 2 rings (SSSR count). The molecule has 0 aliphatic carbocycles. The first-order valence-electron chi connectivity index (χ1n) is 5.91. The van der Waals surface area contributed by atoms with Gasteiger partial charge in [0.15, 0.2) is 0 Å². The summed E-state index contributed by atoms with van der Waals surface area (Å²) in [6, 6.07) is 8.18. The maximum Gasteiger partial charge on any atom is 0.119 e. The maximum atomic E-state index is 6.01. The van der Waals surface area contributed by atoms with Crippen molar-refractivity contribution in [3.8, 4) is 5.75 Å². The van der Waals surface area contributed by atoms with E-state index in [4.69, 9.17) is 10.5 Å². The highest BCUT2D eigenvalue weighted by Gasteiger charge is 2.07. The van der Waals surface area contributed by atoms with E-state index in [-0.39, 0.29) is 6.04 Å². The van der Waals surface area contributed by atoms with Crippen molar-refractivity contribution in [2.24, 2.45) is 5.73 Å². The fourth-order valence-corrected chi connectivity index (χ4v) is 1.91. The van der Waals surface area contributed by atoms with Crippen LogP contribution in [0.4, 0.5) is 0 Å². The minimum Gasteiger partial charge on any atom is -0.497 e. The van der Waals surface area contributed by atoms with Crippen LogP contribution < -0.4 is 10.5 Å². The fraction of sp³-hybridized carbons (Fsp3) is 0.357. The standard InChI is InChI=1S/C14H18N2O/c1-3-11(15)8-10-6-7-16-14-5-4-12(17-2)9-13(10)14/h4-7,9,11H,3,8,15H2,1-2H3/t11-/m1/s1. The second kappa shape index (κ2) is 5.15. The van der Waals surface area contributed by atoms with Gasteiger partial charge in [0.25, 0.3) is 0 Å². The third-order valence-corrected chi connectivity index (χ3v) is 3.05. The van der Waals surface area contributed by atoms with E-state index in [0.717, 1.165) is 29.5 Å². The van der Waals surface area contributed by atoms with Gasteiger partial charge in [-0.05, 0) is 42.7 Å². The molecule has 2 aromatic rings. The molecule has 0 amide bonds. The fourth-order valence-electron chi connectivity index (χ4n) is 1.91. The van der Waals surface area contributed by atoms with Crippen molar-refractivity contribution in [1.29, 1.82) is 0 Å². The molecule has 0 unspecified atom stereocenters. The molecular formula is C14H18N2O. The molecule has 3 heteroatoms. The van der Waals surface area contributed by atoms with Crippen LogP contribution in [0, 0.1) is 0 Å². The number of aromatic nitrogens is 1. The van der Waals surface area contributed by atoms with Crippen LogP contribution in [0.2, 0.25) is 0 Å². The molecule has 1 aromatic carbocycles. The number of hydrogen-bond donors (Lipinski definition) is 1. The highest BCUT2D eigenvalue weighted by atomic mass is 16.5. The lowest BCUT2D eigenvalue weighted by molar-refractivity contribution is 0.415. The zero-order valence-corrected chi connectivity index (χ0v) is 10.3. The summed E-state index contributed by atoms with van der Waals surface area (Å²) in [5.41, 5.74) is 8.25. The molecule has 0 bridgehead atoms. The topological polar surface area (TPSA) is 48.1 Å². The van der Waals surface area contributed by atoms with Gasteiger partial charge in [-0.2, -0.15) is 0 Å². The van der Waals surface area contributed by atoms with Crippen LogP contribution in [0.15, 0.2) is 30.5 Å². The molecule has 3 nitrogen and oxygen atoms in total. The van der Waals surface area contributed by atoms with E-state index < -0.39 is 0 Å². The SMILES string of the molecule is CC[C@@H](N)Cc1ccnc2ccc(OC)cc12. The summed E-state index contributed by atoms with van der Waals surface area (Å²) in [6.07, 6.45) is 3.70. The third kappa shape index (κ3) is 2.56. The lowest BCUT2D eigenvalue weighted by Gasteiger charge is -2.11. The smallest absolute Gasteiger partial charge is 0.119 e. The maximum absolute atomic E-state index is 6.01. The summed E-state index contributed by atoms with van der Waals surface area (Å²) in [5, 5.41) is 1.13. The largest absolute Gasteiger partial charge is 0.497 e. The first-order valence-corrected chi connectivity index (χ1v) is 5.91. The van der Waals surface area contributed by atoms with E-state index in [1.807, 2.05) is 30.5 Å². The predicted octanol–water partition coefficient (Wildman–Crippen LogP) is 2.52. The Morgan fingerprint density at radius 3 is 2.88 bits per heavy atom. The summed E-state index contributed by atoms with van der Waals surface area (Å²) in [7, 11) is 1.68. The molecule has 1 aromatic heterocycles. The first-order chi connectivity index (χ1) is 8.24. The zero-order valence-electron chi connectivity index (χ0n) is 10.3. The Hall–Kier alpha value is -1.61. The van der Waals surface area contributed by atoms with Crippen LogP contribution in [0.3, 0.4) is 0 Å². The summed E-state index contributed by atoms with van der Waals surface area (Å²) in [4.78, 5) is 4.35. The molecule has 1 heterocycles. The Bertz CT molecular complexity index is 511. The van der Waals surface area contributed by atoms with Gasteiger partial charge in [-0.25, -0.2) is 0 Å². The lowest BCUT2D eigenvalue weighted by Crippen LogP contribution is -2.21. The monoisotopic (exact) mass is 230 g/mol. The predicted molar refractivity (Wildman–Crippen MR) is 70.3 cm³/mol. The summed E-state index contributed by atoms with van der Waals surface area (Å²) in [6.45, 7) is 2.11. The quantitative estimate of drug-likeness (QED) is 0.878. The van der Waals surface area contributed by atoms with Gasteiger partial charge in [-0.15, -0.1) is 0 Å². The number of nitrogens with zero attached hydrogens (tertiary/aromatic N) is 1. The number of benzene rings is 1. The molecule has 0 aliphatic rings. The number of nitrogens with two attached hydrogens (primary N) is 1. The minimum atomic E-state index is 0.201. The molecule has 0 fully saturated rings. The van der Waals surface area contributed by atoms with Crippen LogP contribution in [0.25, 0.3) is 10.9 Å². The van der Waals surface area contributed by atoms with Gasteiger partial charge < -0.3 is 10.5 Å². The molecule has 2 N–H and O–H groups in total. The number of hydrogen-bond acceptors (Lipinski definition) is 3. The van der Waals surface area contributed by atoms with Crippen molar-refractivity contribution >= 4 is 10.9 Å². The lowest BCUT2D eigenvalue weighted by atomic mass is 10.0. The van der Waals surface area contributed by atoms with E-state index in [1.54, 1.807) is 7.11 Å². The number of ether oxygens (including phenoxy) is 1. The molecule has 0 saturated heterocycles. The van der Waals surface area contributed by atoms with Gasteiger partial charge in [0.05, 0.1) is 12.6 Å². The number of fused-ring (bicyclic) bond motifs is 1. The van der Waals surface area contributed by atoms with Gasteiger partial charge in [-0.3, -0.25) is 4.98 Å². The second-order valence-electron chi connectivity index (χ2n) is 4.23. The highest BCUT2D eigenvalue weighted by molar-refractivity contribution is 5.83. The number of pyridine rings is 1. The van der Waals surface area contributed by atoms with Gasteiger partial charge in [-0.1, -0.05) is 6.92 Å². The molecule has 0 aliphatic heterocycles. The van der Waals surface area contributed by atoms with Crippen molar-refractivity contribution < 1.29 is 4.74 Å². The molecule has 17 heavy (non-hydrogen) atoms. The summed E-state index contributed by atoms with van der Waals surface area (Å²) < 4.78 is 5.25. The Morgan fingerprint density at radius 2 is 2.18 bits per heavy atom. The Morgan fingerprint density at radius 1 is 1.35 bits per heavy atom. The summed E-state index contributed by atoms with van der Waals surface area (Å²) >= 11 is 0. The Labute approximate surface area is 102 Å². The molecule has 0 radical (unpaired) electrons. The van der Waals surface area contributed by atoms with Gasteiger partial charge in [0.1, 0.15) is 5.75 Å². The van der Waals surface area contributed by atoms with Crippen LogP contribution in [-0.2, 0) is 6.42 Å². The van der Waals surface area contributed by atoms with Gasteiger partial charge >= 0.3 is 0 Å². The molecule has 0 saturated carbocycles. The number of rotatable bonds is 4. The minimum absolute atomic E-state index is 0.201. The van der Waals surface area contributed by atoms with Crippen molar-refractivity contribution in [2.75, 3.05) is 7.11 Å². The average Bonchev–Trinajstić information content (AvgIpc) is 2.38. The Balaban J connectivity index is 2.46. The normalized spacial score (nSPS) is 12.6. The van der Waals surface area contributed by atoms with Crippen molar-refractivity contribution in [1.82, 2.24) is 4.98 Å². The van der Waals surface area contributed by atoms with E-state index in [1.165, 1.54) is 5.56 Å². The third-order valence-electron chi connectivity index (χ3n) is 3.05. The summed E-state index contributed by atoms with van der Waals surface area (Å²) in [5.74, 6) is 0.858. The van der Waals surface area contributed by atoms with Crippen LogP contribution in [0.1, 0.15) is 18.9 Å². The van der Waals surface area contributed by atoms with Crippen molar-refractivity contribution in [3.63, 3.8) is 0 Å². The van der Waals surface area contributed by atoms with Crippen LogP contribution in [0.5, 0.6) is 5.75 Å². The van der Waals surface area contributed by atoms with Gasteiger partial charge in [0.2, 0.25) is 0 Å². The molecule has 1 atom stereocenters. The molecule has 0 spiro atoms. The van der Waals surface area contributed by atoms with E-state index in [2.05, 4.69) is 11.9 Å². The molecule has 90 valence electrons. The first kappa shape index (κ1) is 11.9. The van der Waals surface area contributed by atoms with Gasteiger partial charge in [0, 0.05) is 17.6 Å². The van der Waals surface area contributed by atoms with Crippen molar-refractivity contribution in [3.05, 3.63) is 36.0 Å². The van der Waals surface area contributed by atoms with Crippen LogP contribution >= 0.6 is 0 Å². The average molecular weight is 230 g/mol.